The van der Waals surface area contributed by atoms with E-state index in [1.807, 2.05) is 18.2 Å². The number of benzene rings is 1. The van der Waals surface area contributed by atoms with Crippen molar-refractivity contribution in [3.8, 4) is 0 Å². The molecule has 2 nitrogen and oxygen atoms in total. The summed E-state index contributed by atoms with van der Waals surface area (Å²) in [6, 6.07) is 7.95. The molecule has 70 valence electrons. The predicted octanol–water partition coefficient (Wildman–Crippen LogP) is 1.49. The van der Waals surface area contributed by atoms with Crippen molar-refractivity contribution >= 4 is 11.4 Å². The smallest absolute Gasteiger partial charge is 0.177 e. The van der Waals surface area contributed by atoms with Gasteiger partial charge in [-0.1, -0.05) is 25.1 Å². The first kappa shape index (κ1) is 9.06. The molecule has 1 aliphatic heterocycles. The van der Waals surface area contributed by atoms with Gasteiger partial charge in [0.1, 0.15) is 0 Å². The van der Waals surface area contributed by atoms with Gasteiger partial charge in [0.2, 0.25) is 0 Å². The molecule has 1 aromatic rings. The molecule has 2 unspecified atom stereocenters. The van der Waals surface area contributed by atoms with Crippen molar-refractivity contribution in [1.29, 1.82) is 0 Å². The maximum Gasteiger partial charge on any atom is 0.177 e. The maximum absolute atomic E-state index is 11.7. The number of nitrogens with one attached hydrogen (secondary N) is 1. The summed E-state index contributed by atoms with van der Waals surface area (Å²) < 4.78 is 14.7. The second kappa shape index (κ2) is 3.70. The number of hydrogen-bond donors (Lipinski definition) is 1. The fourth-order valence-corrected chi connectivity index (χ4v) is 2.78. The molecule has 0 radical (unpaired) electrons. The Balaban J connectivity index is 2.38. The van der Waals surface area contributed by atoms with Crippen molar-refractivity contribution < 1.29 is 4.55 Å². The standard InChI is InChI=1S/C10H13NOS/c1-8-6-9-4-2-3-5-10(9)13(12)11-7-8/h2-5,8,11H,6-7H2,1H3. The van der Waals surface area contributed by atoms with E-state index in [-0.39, 0.29) is 0 Å². The third kappa shape index (κ3) is 1.88. The van der Waals surface area contributed by atoms with E-state index >= 15 is 0 Å². The highest BCUT2D eigenvalue weighted by molar-refractivity contribution is 7.89. The van der Waals surface area contributed by atoms with Crippen LogP contribution < -0.4 is 4.72 Å². The van der Waals surface area contributed by atoms with Crippen molar-refractivity contribution in [1.82, 2.24) is 4.72 Å². The highest BCUT2D eigenvalue weighted by Crippen LogP contribution is 2.21. The summed E-state index contributed by atoms with van der Waals surface area (Å²) in [6.07, 6.45) is 1.02. The first-order valence-electron chi connectivity index (χ1n) is 4.50. The first-order chi connectivity index (χ1) is 6.27. The van der Waals surface area contributed by atoms with E-state index in [4.69, 9.17) is 0 Å². The van der Waals surface area contributed by atoms with E-state index in [2.05, 4.69) is 17.7 Å². The predicted molar refractivity (Wildman–Crippen MR) is 53.7 cm³/mol. The van der Waals surface area contributed by atoms with E-state index < -0.39 is 11.4 Å². The molecule has 2 rings (SSSR count). The molecule has 13 heavy (non-hydrogen) atoms. The molecule has 3 heteroatoms. The summed E-state index contributed by atoms with van der Waals surface area (Å²) in [5.74, 6) is 0.563. The lowest BCUT2D eigenvalue weighted by Crippen LogP contribution is -2.26. The summed E-state index contributed by atoms with van der Waals surface area (Å²) in [4.78, 5) is 0.951. The van der Waals surface area contributed by atoms with Crippen LogP contribution in [0.4, 0.5) is 0 Å². The normalized spacial score (nSPS) is 27.8. The van der Waals surface area contributed by atoms with Gasteiger partial charge in [-0.15, -0.1) is 4.72 Å². The maximum atomic E-state index is 11.7. The zero-order valence-corrected chi connectivity index (χ0v) is 8.43. The Hall–Kier alpha value is -0.510. The minimum absolute atomic E-state index is 0.563. The van der Waals surface area contributed by atoms with E-state index in [1.165, 1.54) is 5.56 Å². The average Bonchev–Trinajstić information content (AvgIpc) is 2.27. The Labute approximate surface area is 81.7 Å². The van der Waals surface area contributed by atoms with Crippen molar-refractivity contribution in [3.05, 3.63) is 29.8 Å². The molecule has 0 aromatic heterocycles. The van der Waals surface area contributed by atoms with Crippen LogP contribution in [0.15, 0.2) is 29.2 Å². The molecule has 0 amide bonds. The molecule has 1 heterocycles. The molecular weight excluding hydrogens is 182 g/mol. The Bertz CT molecular complexity index is 303. The van der Waals surface area contributed by atoms with Gasteiger partial charge in [-0.2, -0.15) is 0 Å². The summed E-state index contributed by atoms with van der Waals surface area (Å²) in [5.41, 5.74) is 1.22. The Kier molecular flexibility index (Phi) is 2.58. The van der Waals surface area contributed by atoms with Crippen molar-refractivity contribution in [2.75, 3.05) is 6.54 Å². The highest BCUT2D eigenvalue weighted by Gasteiger charge is 2.22. The third-order valence-corrected chi connectivity index (χ3v) is 3.53. The number of rotatable bonds is 0. The Morgan fingerprint density at radius 3 is 3.08 bits per heavy atom. The minimum atomic E-state index is -1.00. The van der Waals surface area contributed by atoms with Crippen LogP contribution in [-0.4, -0.2) is 11.1 Å². The zero-order valence-electron chi connectivity index (χ0n) is 7.62. The van der Waals surface area contributed by atoms with Crippen LogP contribution in [0.2, 0.25) is 0 Å². The molecule has 1 aromatic carbocycles. The average molecular weight is 195 g/mol. The van der Waals surface area contributed by atoms with Crippen molar-refractivity contribution in [3.63, 3.8) is 0 Å². The Morgan fingerprint density at radius 1 is 1.46 bits per heavy atom. The second-order valence-corrected chi connectivity index (χ2v) is 4.80. The van der Waals surface area contributed by atoms with Crippen LogP contribution in [0, 0.1) is 5.92 Å². The molecule has 0 saturated carbocycles. The quantitative estimate of drug-likeness (QED) is 0.637. The van der Waals surface area contributed by atoms with Gasteiger partial charge in [0.25, 0.3) is 0 Å². The molecule has 0 aliphatic carbocycles. The Morgan fingerprint density at radius 2 is 2.23 bits per heavy atom. The molecular formula is C10H13NOS. The summed E-state index contributed by atoms with van der Waals surface area (Å²) in [6.45, 7) is 3.01. The van der Waals surface area contributed by atoms with Crippen molar-refractivity contribution in [2.45, 2.75) is 18.2 Å². The monoisotopic (exact) mass is 195 g/mol. The third-order valence-electron chi connectivity index (χ3n) is 2.30. The van der Waals surface area contributed by atoms with Gasteiger partial charge in [0, 0.05) is 12.1 Å². The van der Waals surface area contributed by atoms with Crippen LogP contribution in [0.3, 0.4) is 0 Å². The van der Waals surface area contributed by atoms with Crippen LogP contribution >= 0.6 is 0 Å². The molecule has 0 spiro atoms. The van der Waals surface area contributed by atoms with Gasteiger partial charge in [0.15, 0.2) is 4.90 Å². The van der Waals surface area contributed by atoms with Crippen LogP contribution in [0.25, 0.3) is 0 Å². The van der Waals surface area contributed by atoms with Gasteiger partial charge in [-0.3, -0.25) is 0 Å². The van der Waals surface area contributed by atoms with E-state index in [9.17, 15) is 4.55 Å². The fourth-order valence-electron chi connectivity index (χ4n) is 1.60. The molecule has 2 atom stereocenters. The molecule has 0 saturated heterocycles. The SMILES string of the molecule is CC1CN[S+]([O-])c2ccccc2C1. The zero-order chi connectivity index (χ0) is 9.26. The minimum Gasteiger partial charge on any atom is -0.593 e. The molecule has 1 N–H and O–H groups in total. The first-order valence-corrected chi connectivity index (χ1v) is 5.65. The lowest BCUT2D eigenvalue weighted by Gasteiger charge is -2.08. The fraction of sp³-hybridized carbons (Fsp3) is 0.400. The van der Waals surface area contributed by atoms with Gasteiger partial charge in [-0.05, 0) is 18.4 Å². The largest absolute Gasteiger partial charge is 0.593 e. The van der Waals surface area contributed by atoms with Crippen LogP contribution in [-0.2, 0) is 17.8 Å². The van der Waals surface area contributed by atoms with Crippen molar-refractivity contribution in [2.24, 2.45) is 5.92 Å². The van der Waals surface area contributed by atoms with E-state index in [0.717, 1.165) is 17.9 Å². The van der Waals surface area contributed by atoms with Gasteiger partial charge in [-0.25, -0.2) is 0 Å². The lowest BCUT2D eigenvalue weighted by molar-refractivity contribution is 0.551. The topological polar surface area (TPSA) is 35.1 Å². The summed E-state index contributed by atoms with van der Waals surface area (Å²) in [5, 5.41) is 0. The van der Waals surface area contributed by atoms with Crippen LogP contribution in [0.5, 0.6) is 0 Å². The molecule has 0 bridgehead atoms. The number of hydrogen-bond acceptors (Lipinski definition) is 2. The lowest BCUT2D eigenvalue weighted by atomic mass is 10.0. The molecule has 1 aliphatic rings. The van der Waals surface area contributed by atoms with Crippen LogP contribution in [0.1, 0.15) is 12.5 Å². The van der Waals surface area contributed by atoms with E-state index in [0.29, 0.717) is 5.92 Å². The summed E-state index contributed by atoms with van der Waals surface area (Å²) >= 11 is -1.00. The second-order valence-electron chi connectivity index (χ2n) is 3.53. The highest BCUT2D eigenvalue weighted by atomic mass is 32.2. The van der Waals surface area contributed by atoms with Gasteiger partial charge in [0.05, 0.1) is 11.4 Å². The molecule has 0 fully saturated rings. The summed E-state index contributed by atoms with van der Waals surface area (Å²) in [7, 11) is 0. The van der Waals surface area contributed by atoms with Gasteiger partial charge >= 0.3 is 0 Å². The van der Waals surface area contributed by atoms with Gasteiger partial charge < -0.3 is 4.55 Å². The number of fused-ring (bicyclic) bond motifs is 1. The van der Waals surface area contributed by atoms with E-state index in [1.54, 1.807) is 0 Å².